The van der Waals surface area contributed by atoms with Gasteiger partial charge in [-0.2, -0.15) is 0 Å². The van der Waals surface area contributed by atoms with Gasteiger partial charge in [0.25, 0.3) is 0 Å². The monoisotopic (exact) mass is 536 g/mol. The molecule has 0 aliphatic carbocycles. The average molecular weight is 537 g/mol. The summed E-state index contributed by atoms with van der Waals surface area (Å²) in [7, 11) is 0. The Kier molecular flexibility index (Phi) is 4.87. The number of rotatable bonds is 4. The Labute approximate surface area is 242 Å². The van der Waals surface area contributed by atoms with Gasteiger partial charge in [0.2, 0.25) is 0 Å². The Balaban J connectivity index is 1.26. The van der Waals surface area contributed by atoms with Crippen LogP contribution in [0.1, 0.15) is 0 Å². The van der Waals surface area contributed by atoms with Crippen LogP contribution in [0.15, 0.2) is 146 Å². The molecule has 42 heavy (non-hydrogen) atoms. The highest BCUT2D eigenvalue weighted by Gasteiger charge is 2.20. The summed E-state index contributed by atoms with van der Waals surface area (Å²) in [4.78, 5) is 10.2. The second-order valence-corrected chi connectivity index (χ2v) is 10.7. The number of pyridine rings is 1. The first kappa shape index (κ1) is 23.0. The van der Waals surface area contributed by atoms with Crippen molar-refractivity contribution < 1.29 is 0 Å². The fraction of sp³-hybridized carbons (Fsp3) is 0. The molecule has 5 aromatic carbocycles. The van der Waals surface area contributed by atoms with Gasteiger partial charge in [-0.3, -0.25) is 8.97 Å². The van der Waals surface area contributed by atoms with Crippen LogP contribution in [0.4, 0.5) is 0 Å². The van der Waals surface area contributed by atoms with Crippen LogP contribution in [0.5, 0.6) is 0 Å². The first-order valence-corrected chi connectivity index (χ1v) is 14.2. The molecule has 0 amide bonds. The highest BCUT2D eigenvalue weighted by molar-refractivity contribution is 6.14. The number of hydrogen-bond acceptors (Lipinski definition) is 2. The van der Waals surface area contributed by atoms with Gasteiger partial charge >= 0.3 is 0 Å². The van der Waals surface area contributed by atoms with Crippen molar-refractivity contribution in [1.29, 1.82) is 0 Å². The summed E-state index contributed by atoms with van der Waals surface area (Å²) < 4.78 is 4.55. The van der Waals surface area contributed by atoms with Crippen LogP contribution in [0.25, 0.3) is 77.9 Å². The van der Waals surface area contributed by atoms with Crippen molar-refractivity contribution in [2.24, 2.45) is 0 Å². The maximum atomic E-state index is 5.18. The fourth-order valence-electron chi connectivity index (χ4n) is 6.37. The summed E-state index contributed by atoms with van der Waals surface area (Å²) in [5.41, 5.74) is 12.0. The van der Waals surface area contributed by atoms with Crippen LogP contribution in [0.2, 0.25) is 0 Å². The fourth-order valence-corrected chi connectivity index (χ4v) is 6.37. The van der Waals surface area contributed by atoms with E-state index in [1.807, 2.05) is 12.1 Å². The summed E-state index contributed by atoms with van der Waals surface area (Å²) in [6, 6.07) is 51.2. The third kappa shape index (κ3) is 3.36. The molecule has 0 spiro atoms. The quantitative estimate of drug-likeness (QED) is 0.225. The predicted molar refractivity (Wildman–Crippen MR) is 172 cm³/mol. The minimum Gasteiger partial charge on any atom is -0.292 e. The average Bonchev–Trinajstić information content (AvgIpc) is 3.74. The molecule has 4 heterocycles. The normalized spacial score (nSPS) is 11.8. The van der Waals surface area contributed by atoms with Crippen LogP contribution in [-0.4, -0.2) is 18.9 Å². The van der Waals surface area contributed by atoms with Crippen molar-refractivity contribution in [2.45, 2.75) is 0 Å². The van der Waals surface area contributed by atoms with Crippen molar-refractivity contribution in [3.63, 3.8) is 0 Å². The largest absolute Gasteiger partial charge is 0.292 e. The number of benzene rings is 5. The van der Waals surface area contributed by atoms with E-state index in [1.54, 1.807) is 0 Å². The van der Waals surface area contributed by atoms with Gasteiger partial charge in [0.05, 0.1) is 27.8 Å². The number of imidazole rings is 2. The topological polar surface area (TPSA) is 35.1 Å². The van der Waals surface area contributed by atoms with Crippen molar-refractivity contribution in [1.82, 2.24) is 18.9 Å². The molecular formula is C38H24N4. The molecule has 4 aromatic heterocycles. The molecule has 9 aromatic rings. The SMILES string of the molecule is c1ccc(-c2nc3cccc4c5ccc(-c6ccc7c(c6)nc(-c6ccccc6)n7-c6ccccc6)cc5c2n34)cc1. The number of para-hydroxylation sites is 1. The molecule has 4 heteroatoms. The van der Waals surface area contributed by atoms with Gasteiger partial charge in [-0.05, 0) is 53.6 Å². The zero-order valence-corrected chi connectivity index (χ0v) is 22.6. The molecule has 196 valence electrons. The van der Waals surface area contributed by atoms with E-state index < -0.39 is 0 Å². The molecule has 0 unspecified atom stereocenters. The van der Waals surface area contributed by atoms with Crippen molar-refractivity contribution in [3.8, 4) is 39.5 Å². The molecule has 4 nitrogen and oxygen atoms in total. The van der Waals surface area contributed by atoms with E-state index in [9.17, 15) is 0 Å². The van der Waals surface area contributed by atoms with Gasteiger partial charge in [0.1, 0.15) is 11.5 Å². The Morgan fingerprint density at radius 2 is 1.14 bits per heavy atom. The number of nitrogens with zero attached hydrogens (tertiary/aromatic N) is 4. The summed E-state index contributed by atoms with van der Waals surface area (Å²) in [6.07, 6.45) is 0. The maximum Gasteiger partial charge on any atom is 0.145 e. The lowest BCUT2D eigenvalue weighted by Crippen LogP contribution is -1.97. The maximum absolute atomic E-state index is 5.18. The molecule has 0 saturated carbocycles. The molecule has 0 atom stereocenters. The van der Waals surface area contributed by atoms with Crippen molar-refractivity contribution in [3.05, 3.63) is 146 Å². The molecule has 0 N–H and O–H groups in total. The summed E-state index contributed by atoms with van der Waals surface area (Å²) in [6.45, 7) is 0. The smallest absolute Gasteiger partial charge is 0.145 e. The number of aromatic nitrogens is 4. The van der Waals surface area contributed by atoms with E-state index in [2.05, 4.69) is 142 Å². The molecule has 0 radical (unpaired) electrons. The van der Waals surface area contributed by atoms with Gasteiger partial charge in [-0.15, -0.1) is 0 Å². The minimum atomic E-state index is 0.938. The van der Waals surface area contributed by atoms with E-state index in [0.717, 1.165) is 61.7 Å². The summed E-state index contributed by atoms with van der Waals surface area (Å²) in [5, 5.41) is 2.44. The van der Waals surface area contributed by atoms with E-state index in [1.165, 1.54) is 16.3 Å². The Morgan fingerprint density at radius 1 is 0.452 bits per heavy atom. The van der Waals surface area contributed by atoms with Crippen LogP contribution in [0, 0.1) is 0 Å². The first-order valence-electron chi connectivity index (χ1n) is 14.2. The third-order valence-electron chi connectivity index (χ3n) is 8.28. The van der Waals surface area contributed by atoms with E-state index >= 15 is 0 Å². The molecule has 0 bridgehead atoms. The second kappa shape index (κ2) is 8.88. The third-order valence-corrected chi connectivity index (χ3v) is 8.28. The zero-order chi connectivity index (χ0) is 27.6. The Bertz CT molecular complexity index is 2380. The zero-order valence-electron chi connectivity index (χ0n) is 22.6. The second-order valence-electron chi connectivity index (χ2n) is 10.7. The predicted octanol–water partition coefficient (Wildman–Crippen LogP) is 9.42. The summed E-state index contributed by atoms with van der Waals surface area (Å²) in [5.74, 6) is 0.938. The van der Waals surface area contributed by atoms with E-state index in [-0.39, 0.29) is 0 Å². The molecule has 0 fully saturated rings. The number of hydrogen-bond donors (Lipinski definition) is 0. The molecule has 0 aliphatic rings. The van der Waals surface area contributed by atoms with Gasteiger partial charge in [-0.1, -0.05) is 103 Å². The van der Waals surface area contributed by atoms with Crippen LogP contribution >= 0.6 is 0 Å². The van der Waals surface area contributed by atoms with Crippen molar-refractivity contribution >= 4 is 38.5 Å². The molecule has 9 rings (SSSR count). The Hall–Kier alpha value is -5.74. The van der Waals surface area contributed by atoms with Gasteiger partial charge in [0, 0.05) is 27.6 Å². The highest BCUT2D eigenvalue weighted by Crippen LogP contribution is 2.39. The van der Waals surface area contributed by atoms with Crippen LogP contribution in [0.3, 0.4) is 0 Å². The van der Waals surface area contributed by atoms with Crippen molar-refractivity contribution in [2.75, 3.05) is 0 Å². The lowest BCUT2D eigenvalue weighted by Gasteiger charge is -2.09. The van der Waals surface area contributed by atoms with Gasteiger partial charge in [0.15, 0.2) is 0 Å². The van der Waals surface area contributed by atoms with Crippen LogP contribution in [-0.2, 0) is 0 Å². The van der Waals surface area contributed by atoms with Gasteiger partial charge in [-0.25, -0.2) is 9.97 Å². The molecule has 0 aliphatic heterocycles. The molecule has 0 saturated heterocycles. The lowest BCUT2D eigenvalue weighted by molar-refractivity contribution is 1.10. The van der Waals surface area contributed by atoms with Gasteiger partial charge < -0.3 is 0 Å². The minimum absolute atomic E-state index is 0.938. The highest BCUT2D eigenvalue weighted by atomic mass is 15.1. The summed E-state index contributed by atoms with van der Waals surface area (Å²) >= 11 is 0. The Morgan fingerprint density at radius 3 is 1.93 bits per heavy atom. The lowest BCUT2D eigenvalue weighted by atomic mass is 10.0. The number of fused-ring (bicyclic) bond motifs is 4. The van der Waals surface area contributed by atoms with E-state index in [0.29, 0.717) is 0 Å². The molecular weight excluding hydrogens is 512 g/mol. The van der Waals surface area contributed by atoms with Crippen LogP contribution < -0.4 is 0 Å². The van der Waals surface area contributed by atoms with E-state index in [4.69, 9.17) is 9.97 Å². The standard InChI is InChI=1S/C38H24N4/c1-4-11-25(12-5-1)36-37-31-23-27(19-21-30(31)33-17-10-18-35(40-36)42(33)37)28-20-22-34-32(24-28)39-38(26-13-6-2-7-14-26)41(34)29-15-8-3-9-16-29/h1-24H. The first-order chi connectivity index (χ1) is 20.8.